The monoisotopic (exact) mass is 374 g/mol. The third-order valence-electron chi connectivity index (χ3n) is 4.41. The molecule has 0 saturated carbocycles. The van der Waals surface area contributed by atoms with Crippen LogP contribution in [-0.4, -0.2) is 19.1 Å². The second-order valence-electron chi connectivity index (χ2n) is 6.47. The van der Waals surface area contributed by atoms with Crippen LogP contribution in [0.4, 0.5) is 11.4 Å². The summed E-state index contributed by atoms with van der Waals surface area (Å²) in [5.74, 6) is 0.670. The van der Waals surface area contributed by atoms with Gasteiger partial charge in [-0.15, -0.1) is 0 Å². The maximum atomic E-state index is 12.6. The molecule has 0 aliphatic carbocycles. The van der Waals surface area contributed by atoms with Crippen LogP contribution in [0.5, 0.6) is 5.75 Å². The van der Waals surface area contributed by atoms with Gasteiger partial charge in [-0.2, -0.15) is 0 Å². The lowest BCUT2D eigenvalue weighted by molar-refractivity contribution is -0.116. The van der Waals surface area contributed by atoms with E-state index in [0.29, 0.717) is 31.0 Å². The number of benzene rings is 3. The van der Waals surface area contributed by atoms with Crippen molar-refractivity contribution in [3.05, 3.63) is 90.5 Å². The van der Waals surface area contributed by atoms with E-state index >= 15 is 0 Å². The molecule has 0 heterocycles. The summed E-state index contributed by atoms with van der Waals surface area (Å²) < 4.78 is 5.59. The van der Waals surface area contributed by atoms with Crippen LogP contribution in [0.2, 0.25) is 0 Å². The minimum Gasteiger partial charge on any atom is -0.492 e. The minimum absolute atomic E-state index is 0.0267. The molecule has 0 fully saturated rings. The molecule has 1 N–H and O–H groups in total. The SMILES string of the molecule is CCOc1ccccc1NC(=O)CCN(Cc1ccccc1)c1ccccc1. The van der Waals surface area contributed by atoms with E-state index in [1.165, 1.54) is 5.56 Å². The number of nitrogens with zero attached hydrogens (tertiary/aromatic N) is 1. The van der Waals surface area contributed by atoms with Gasteiger partial charge >= 0.3 is 0 Å². The van der Waals surface area contributed by atoms with Crippen LogP contribution in [0, 0.1) is 0 Å². The first-order valence-corrected chi connectivity index (χ1v) is 9.62. The van der Waals surface area contributed by atoms with Gasteiger partial charge in [0.05, 0.1) is 12.3 Å². The number of carbonyl (C=O) groups is 1. The largest absolute Gasteiger partial charge is 0.492 e. The molecular weight excluding hydrogens is 348 g/mol. The van der Waals surface area contributed by atoms with E-state index in [9.17, 15) is 4.79 Å². The third kappa shape index (κ3) is 5.61. The first-order valence-electron chi connectivity index (χ1n) is 9.62. The Labute approximate surface area is 166 Å². The molecule has 0 aliphatic heterocycles. The van der Waals surface area contributed by atoms with Gasteiger partial charge in [-0.05, 0) is 36.8 Å². The molecule has 0 aliphatic rings. The Morgan fingerprint density at radius 3 is 2.25 bits per heavy atom. The van der Waals surface area contributed by atoms with Crippen molar-refractivity contribution in [3.63, 3.8) is 0 Å². The van der Waals surface area contributed by atoms with E-state index in [2.05, 4.69) is 34.5 Å². The second kappa shape index (κ2) is 10.2. The Bertz CT molecular complexity index is 866. The molecule has 4 heteroatoms. The Morgan fingerprint density at radius 2 is 1.54 bits per heavy atom. The Balaban J connectivity index is 1.65. The number of para-hydroxylation sites is 3. The lowest BCUT2D eigenvalue weighted by Gasteiger charge is -2.25. The average molecular weight is 374 g/mol. The number of rotatable bonds is 9. The fraction of sp³-hybridized carbons (Fsp3) is 0.208. The number of anilines is 2. The third-order valence-corrected chi connectivity index (χ3v) is 4.41. The summed E-state index contributed by atoms with van der Waals surface area (Å²) in [6, 6.07) is 28.0. The molecule has 144 valence electrons. The average Bonchev–Trinajstić information content (AvgIpc) is 2.74. The van der Waals surface area contributed by atoms with E-state index < -0.39 is 0 Å². The van der Waals surface area contributed by atoms with E-state index in [-0.39, 0.29) is 5.91 Å². The summed E-state index contributed by atoms with van der Waals surface area (Å²) in [6.07, 6.45) is 0.391. The molecule has 3 aromatic carbocycles. The van der Waals surface area contributed by atoms with Crippen LogP contribution in [0.15, 0.2) is 84.9 Å². The quantitative estimate of drug-likeness (QED) is 0.565. The molecule has 0 aromatic heterocycles. The molecule has 3 rings (SSSR count). The normalized spacial score (nSPS) is 10.3. The number of nitrogens with one attached hydrogen (secondary N) is 1. The lowest BCUT2D eigenvalue weighted by Crippen LogP contribution is -2.27. The molecule has 3 aromatic rings. The van der Waals surface area contributed by atoms with Crippen molar-refractivity contribution in [2.45, 2.75) is 19.9 Å². The van der Waals surface area contributed by atoms with Crippen LogP contribution in [-0.2, 0) is 11.3 Å². The van der Waals surface area contributed by atoms with Crippen LogP contribution in [0.3, 0.4) is 0 Å². The van der Waals surface area contributed by atoms with Crippen LogP contribution in [0.25, 0.3) is 0 Å². The zero-order chi connectivity index (χ0) is 19.6. The van der Waals surface area contributed by atoms with Crippen LogP contribution >= 0.6 is 0 Å². The first kappa shape index (κ1) is 19.5. The van der Waals surface area contributed by atoms with Crippen LogP contribution in [0.1, 0.15) is 18.9 Å². The van der Waals surface area contributed by atoms with Gasteiger partial charge in [0, 0.05) is 25.2 Å². The molecule has 4 nitrogen and oxygen atoms in total. The fourth-order valence-electron chi connectivity index (χ4n) is 3.04. The highest BCUT2D eigenvalue weighted by molar-refractivity contribution is 5.92. The molecule has 0 saturated heterocycles. The van der Waals surface area contributed by atoms with Gasteiger partial charge < -0.3 is 15.0 Å². The van der Waals surface area contributed by atoms with Crippen molar-refractivity contribution in [2.24, 2.45) is 0 Å². The van der Waals surface area contributed by atoms with E-state index in [0.717, 1.165) is 12.2 Å². The van der Waals surface area contributed by atoms with Crippen LogP contribution < -0.4 is 15.0 Å². The second-order valence-corrected chi connectivity index (χ2v) is 6.47. The zero-order valence-electron chi connectivity index (χ0n) is 16.2. The van der Waals surface area contributed by atoms with Gasteiger partial charge in [0.1, 0.15) is 5.75 Å². The summed E-state index contributed by atoms with van der Waals surface area (Å²) in [7, 11) is 0. The van der Waals surface area contributed by atoms with E-state index in [1.807, 2.05) is 67.6 Å². The van der Waals surface area contributed by atoms with Gasteiger partial charge in [0.2, 0.25) is 5.91 Å². The molecule has 0 atom stereocenters. The van der Waals surface area contributed by atoms with Crippen molar-refractivity contribution < 1.29 is 9.53 Å². The molecule has 28 heavy (non-hydrogen) atoms. The van der Waals surface area contributed by atoms with Gasteiger partial charge in [0.15, 0.2) is 0 Å². The lowest BCUT2D eigenvalue weighted by atomic mass is 10.2. The van der Waals surface area contributed by atoms with Crippen molar-refractivity contribution >= 4 is 17.3 Å². The van der Waals surface area contributed by atoms with Gasteiger partial charge in [-0.3, -0.25) is 4.79 Å². The van der Waals surface area contributed by atoms with Crippen molar-refractivity contribution in [3.8, 4) is 5.75 Å². The van der Waals surface area contributed by atoms with E-state index in [4.69, 9.17) is 4.74 Å². The van der Waals surface area contributed by atoms with Crippen molar-refractivity contribution in [1.82, 2.24) is 0 Å². The topological polar surface area (TPSA) is 41.6 Å². The summed E-state index contributed by atoms with van der Waals surface area (Å²) in [5, 5.41) is 2.98. The Morgan fingerprint density at radius 1 is 0.893 bits per heavy atom. The summed E-state index contributed by atoms with van der Waals surface area (Å²) >= 11 is 0. The van der Waals surface area contributed by atoms with E-state index in [1.54, 1.807) is 0 Å². The maximum Gasteiger partial charge on any atom is 0.226 e. The smallest absolute Gasteiger partial charge is 0.226 e. The first-order chi connectivity index (χ1) is 13.8. The number of carbonyl (C=O) groups excluding carboxylic acids is 1. The Kier molecular flexibility index (Phi) is 7.08. The predicted octanol–water partition coefficient (Wildman–Crippen LogP) is 5.12. The summed E-state index contributed by atoms with van der Waals surface area (Å²) in [4.78, 5) is 14.8. The summed E-state index contributed by atoms with van der Waals surface area (Å²) in [5.41, 5.74) is 3.03. The van der Waals surface area contributed by atoms with Crippen molar-refractivity contribution in [2.75, 3.05) is 23.4 Å². The molecular formula is C24H26N2O2. The number of amides is 1. The summed E-state index contributed by atoms with van der Waals surface area (Å²) in [6.45, 7) is 3.88. The van der Waals surface area contributed by atoms with Gasteiger partial charge in [-0.25, -0.2) is 0 Å². The molecule has 0 radical (unpaired) electrons. The maximum absolute atomic E-state index is 12.6. The molecule has 1 amide bonds. The standard InChI is InChI=1S/C24H26N2O2/c1-2-28-23-16-10-9-15-22(23)25-24(27)17-18-26(21-13-7-4-8-14-21)19-20-11-5-3-6-12-20/h3-16H,2,17-19H2,1H3,(H,25,27). The van der Waals surface area contributed by atoms with Gasteiger partial charge in [-0.1, -0.05) is 60.7 Å². The predicted molar refractivity (Wildman–Crippen MR) is 115 cm³/mol. The Hall–Kier alpha value is -3.27. The molecule has 0 unspecified atom stereocenters. The fourth-order valence-corrected chi connectivity index (χ4v) is 3.04. The molecule has 0 spiro atoms. The molecule has 0 bridgehead atoms. The highest BCUT2D eigenvalue weighted by atomic mass is 16.5. The van der Waals surface area contributed by atoms with Gasteiger partial charge in [0.25, 0.3) is 0 Å². The number of hydrogen-bond acceptors (Lipinski definition) is 3. The highest BCUT2D eigenvalue weighted by Gasteiger charge is 2.12. The highest BCUT2D eigenvalue weighted by Crippen LogP contribution is 2.24. The van der Waals surface area contributed by atoms with Crippen molar-refractivity contribution in [1.29, 1.82) is 0 Å². The minimum atomic E-state index is -0.0267. The number of ether oxygens (including phenoxy) is 1. The number of hydrogen-bond donors (Lipinski definition) is 1. The zero-order valence-corrected chi connectivity index (χ0v) is 16.2.